The second kappa shape index (κ2) is 10.1. The molecule has 0 aromatic heterocycles. The van der Waals surface area contributed by atoms with Gasteiger partial charge in [-0.25, -0.2) is 13.1 Å². The fourth-order valence-electron chi connectivity index (χ4n) is 2.20. The van der Waals surface area contributed by atoms with Crippen molar-refractivity contribution >= 4 is 26.0 Å². The highest BCUT2D eigenvalue weighted by Gasteiger charge is 2.16. The summed E-state index contributed by atoms with van der Waals surface area (Å²) >= 11 is 3.42. The van der Waals surface area contributed by atoms with E-state index < -0.39 is 10.0 Å². The summed E-state index contributed by atoms with van der Waals surface area (Å²) in [5.41, 5.74) is 2.51. The summed E-state index contributed by atoms with van der Waals surface area (Å²) in [4.78, 5) is -0.123. The molecule has 6 heteroatoms. The van der Waals surface area contributed by atoms with Crippen molar-refractivity contribution in [1.82, 2.24) is 4.72 Å². The molecule has 0 spiro atoms. The van der Waals surface area contributed by atoms with Crippen LogP contribution in [0, 0.1) is 0 Å². The van der Waals surface area contributed by atoms with E-state index >= 15 is 0 Å². The molecule has 3 aromatic carbocycles. The van der Waals surface area contributed by atoms with Crippen molar-refractivity contribution in [3.8, 4) is 16.9 Å². The number of phenolic OH excluding ortho intramolecular Hbond substituents is 1. The average molecular weight is 446 g/mol. The van der Waals surface area contributed by atoms with Crippen molar-refractivity contribution in [1.29, 1.82) is 0 Å². The van der Waals surface area contributed by atoms with E-state index in [4.69, 9.17) is 0 Å². The molecule has 0 unspecified atom stereocenters. The monoisotopic (exact) mass is 445 g/mol. The Bertz CT molecular complexity index is 972. The molecule has 0 aliphatic carbocycles. The smallest absolute Gasteiger partial charge is 0.244 e. The highest BCUT2D eigenvalue weighted by atomic mass is 79.9. The quantitative estimate of drug-likeness (QED) is 0.544. The molecular weight excluding hydrogens is 426 g/mol. The first-order chi connectivity index (χ1) is 12.9. The van der Waals surface area contributed by atoms with Gasteiger partial charge in [0.1, 0.15) is 10.6 Å². The van der Waals surface area contributed by atoms with E-state index in [1.54, 1.807) is 12.1 Å². The molecule has 0 amide bonds. The Hall–Kier alpha value is -2.41. The van der Waals surface area contributed by atoms with Gasteiger partial charge in [0.15, 0.2) is 0 Å². The Morgan fingerprint density at radius 2 is 1.44 bits per heavy atom. The Morgan fingerprint density at radius 1 is 0.889 bits per heavy atom. The standard InChI is InChI=1S/C12H9Br.C9H11NO3S/c13-12-8-6-11(7-9-12)10-4-2-1-3-5-10;1-2-7-10-14(12,13)9-6-4-3-5-8(9)11/h1-9H;2-6,10-11H,1,7H2. The molecule has 3 rings (SSSR count). The van der Waals surface area contributed by atoms with Crippen molar-refractivity contribution in [3.63, 3.8) is 0 Å². The minimum atomic E-state index is -3.62. The van der Waals surface area contributed by atoms with Crippen LogP contribution in [0.15, 0.2) is 101 Å². The summed E-state index contributed by atoms with van der Waals surface area (Å²) in [7, 11) is -3.62. The highest BCUT2D eigenvalue weighted by molar-refractivity contribution is 9.10. The molecule has 0 saturated carbocycles. The van der Waals surface area contributed by atoms with Crippen LogP contribution in [0.1, 0.15) is 0 Å². The number of para-hydroxylation sites is 1. The maximum atomic E-state index is 11.5. The first-order valence-electron chi connectivity index (χ1n) is 8.13. The molecule has 27 heavy (non-hydrogen) atoms. The van der Waals surface area contributed by atoms with Crippen LogP contribution in [0.4, 0.5) is 0 Å². The van der Waals surface area contributed by atoms with E-state index in [0.29, 0.717) is 0 Å². The van der Waals surface area contributed by atoms with Gasteiger partial charge in [-0.1, -0.05) is 76.6 Å². The summed E-state index contributed by atoms with van der Waals surface area (Å²) in [6, 6.07) is 24.5. The zero-order valence-corrected chi connectivity index (χ0v) is 16.9. The lowest BCUT2D eigenvalue weighted by atomic mass is 10.1. The predicted octanol–water partition coefficient (Wildman–Crippen LogP) is 4.97. The van der Waals surface area contributed by atoms with Gasteiger partial charge in [0.2, 0.25) is 10.0 Å². The third kappa shape index (κ3) is 6.36. The third-order valence-electron chi connectivity index (χ3n) is 3.52. The van der Waals surface area contributed by atoms with Gasteiger partial charge < -0.3 is 5.11 Å². The fraction of sp³-hybridized carbons (Fsp3) is 0.0476. The van der Waals surface area contributed by atoms with Crippen LogP contribution in [0.25, 0.3) is 11.1 Å². The number of sulfonamides is 1. The molecule has 140 valence electrons. The fourth-order valence-corrected chi connectivity index (χ4v) is 3.56. The lowest BCUT2D eigenvalue weighted by Gasteiger charge is -2.05. The summed E-state index contributed by atoms with van der Waals surface area (Å²) < 4.78 is 26.4. The van der Waals surface area contributed by atoms with Gasteiger partial charge in [0.25, 0.3) is 0 Å². The topological polar surface area (TPSA) is 66.4 Å². The maximum absolute atomic E-state index is 11.5. The molecule has 0 heterocycles. The van der Waals surface area contributed by atoms with E-state index in [1.165, 1.54) is 29.3 Å². The molecule has 0 atom stereocenters. The van der Waals surface area contributed by atoms with Crippen molar-refractivity contribution in [3.05, 3.63) is 96.0 Å². The molecule has 0 bridgehead atoms. The van der Waals surface area contributed by atoms with Gasteiger partial charge in [-0.15, -0.1) is 6.58 Å². The first kappa shape index (κ1) is 20.9. The molecular formula is C21H20BrNO3S. The third-order valence-corrected chi connectivity index (χ3v) is 5.52. The molecule has 2 N–H and O–H groups in total. The largest absolute Gasteiger partial charge is 0.507 e. The number of phenols is 1. The minimum absolute atomic E-state index is 0.123. The number of rotatable bonds is 5. The number of hydrogen-bond acceptors (Lipinski definition) is 3. The van der Waals surface area contributed by atoms with Crippen LogP contribution < -0.4 is 4.72 Å². The molecule has 0 fully saturated rings. The van der Waals surface area contributed by atoms with Gasteiger partial charge in [-0.3, -0.25) is 0 Å². The lowest BCUT2D eigenvalue weighted by Crippen LogP contribution is -2.23. The predicted molar refractivity (Wildman–Crippen MR) is 113 cm³/mol. The van der Waals surface area contributed by atoms with E-state index in [-0.39, 0.29) is 17.2 Å². The number of aromatic hydroxyl groups is 1. The number of halogens is 1. The molecule has 4 nitrogen and oxygen atoms in total. The van der Waals surface area contributed by atoms with Crippen LogP contribution in [0.2, 0.25) is 0 Å². The van der Waals surface area contributed by atoms with E-state index in [9.17, 15) is 13.5 Å². The SMILES string of the molecule is Brc1ccc(-c2ccccc2)cc1.C=CCNS(=O)(=O)c1ccccc1O. The number of benzene rings is 3. The second-order valence-corrected chi connectivity index (χ2v) is 8.13. The molecule has 0 saturated heterocycles. The van der Waals surface area contributed by atoms with Crippen LogP contribution in [0.3, 0.4) is 0 Å². The van der Waals surface area contributed by atoms with Crippen molar-refractivity contribution in [2.24, 2.45) is 0 Å². The normalized spacial score (nSPS) is 10.6. The Morgan fingerprint density at radius 3 is 2.04 bits per heavy atom. The summed E-state index contributed by atoms with van der Waals surface area (Å²) in [5, 5.41) is 9.30. The van der Waals surface area contributed by atoms with Crippen LogP contribution in [0.5, 0.6) is 5.75 Å². The van der Waals surface area contributed by atoms with Crippen molar-refractivity contribution in [2.75, 3.05) is 6.54 Å². The van der Waals surface area contributed by atoms with Gasteiger partial charge in [-0.05, 0) is 35.4 Å². The van der Waals surface area contributed by atoms with E-state index in [2.05, 4.69) is 75.8 Å². The van der Waals surface area contributed by atoms with Crippen LogP contribution in [-0.2, 0) is 10.0 Å². The first-order valence-corrected chi connectivity index (χ1v) is 10.4. The van der Waals surface area contributed by atoms with E-state index in [1.807, 2.05) is 6.07 Å². The molecule has 3 aromatic rings. The second-order valence-electron chi connectivity index (χ2n) is 5.48. The van der Waals surface area contributed by atoms with Gasteiger partial charge in [0.05, 0.1) is 0 Å². The van der Waals surface area contributed by atoms with E-state index in [0.717, 1.165) is 4.47 Å². The zero-order valence-electron chi connectivity index (χ0n) is 14.5. The summed E-state index contributed by atoms with van der Waals surface area (Å²) in [5.74, 6) is -0.260. The number of nitrogens with one attached hydrogen (secondary N) is 1. The maximum Gasteiger partial charge on any atom is 0.244 e. The summed E-state index contributed by atoms with van der Waals surface area (Å²) in [6.45, 7) is 3.53. The summed E-state index contributed by atoms with van der Waals surface area (Å²) in [6.07, 6.45) is 1.43. The van der Waals surface area contributed by atoms with Crippen LogP contribution >= 0.6 is 15.9 Å². The average Bonchev–Trinajstić information content (AvgIpc) is 2.68. The van der Waals surface area contributed by atoms with Crippen molar-refractivity contribution < 1.29 is 13.5 Å². The lowest BCUT2D eigenvalue weighted by molar-refractivity contribution is 0.458. The zero-order chi connectivity index (χ0) is 19.7. The van der Waals surface area contributed by atoms with Crippen LogP contribution in [-0.4, -0.2) is 20.1 Å². The highest BCUT2D eigenvalue weighted by Crippen LogP contribution is 2.21. The minimum Gasteiger partial charge on any atom is -0.507 e. The molecule has 0 aliphatic heterocycles. The number of hydrogen-bond donors (Lipinski definition) is 2. The van der Waals surface area contributed by atoms with Gasteiger partial charge >= 0.3 is 0 Å². The Labute approximate surface area is 168 Å². The van der Waals surface area contributed by atoms with Gasteiger partial charge in [-0.2, -0.15) is 0 Å². The molecule has 0 radical (unpaired) electrons. The Kier molecular flexibility index (Phi) is 7.79. The molecule has 0 aliphatic rings. The van der Waals surface area contributed by atoms with Gasteiger partial charge in [0, 0.05) is 11.0 Å². The van der Waals surface area contributed by atoms with Crippen molar-refractivity contribution in [2.45, 2.75) is 4.90 Å². The Balaban J connectivity index is 0.000000194.